The van der Waals surface area contributed by atoms with E-state index in [-0.39, 0.29) is 28.8 Å². The minimum absolute atomic E-state index is 0.0847. The van der Waals surface area contributed by atoms with Crippen molar-refractivity contribution in [2.45, 2.75) is 24.7 Å². The Bertz CT molecular complexity index is 1470. The summed E-state index contributed by atoms with van der Waals surface area (Å²) in [4.78, 5) is 0. The fourth-order valence-electron chi connectivity index (χ4n) is 4.09. The summed E-state index contributed by atoms with van der Waals surface area (Å²) in [6, 6.07) is 9.37. The third-order valence-electron chi connectivity index (χ3n) is 5.97. The first-order valence-electron chi connectivity index (χ1n) is 11.3. The normalized spacial score (nSPS) is 13.0. The van der Waals surface area contributed by atoms with E-state index in [0.717, 1.165) is 6.07 Å². The summed E-state index contributed by atoms with van der Waals surface area (Å²) >= 11 is 6.47. The summed E-state index contributed by atoms with van der Waals surface area (Å²) in [6.45, 7) is 0. The first-order valence-corrected chi connectivity index (χ1v) is 12.9. The van der Waals surface area contributed by atoms with Crippen LogP contribution < -0.4 is 0 Å². The Labute approximate surface area is 246 Å². The van der Waals surface area contributed by atoms with Crippen molar-refractivity contribution in [2.24, 2.45) is 0 Å². The van der Waals surface area contributed by atoms with Crippen molar-refractivity contribution in [3.05, 3.63) is 104 Å². The lowest BCUT2D eigenvalue weighted by Crippen LogP contribution is -2.11. The highest BCUT2D eigenvalue weighted by atomic mass is 79.9. The average Bonchev–Trinajstić information content (AvgIpc) is 2.85. The lowest BCUT2D eigenvalue weighted by molar-refractivity contribution is -0.144. The molecule has 0 saturated heterocycles. The Morgan fingerprint density at radius 2 is 0.500 bits per heavy atom. The minimum Gasteiger partial charge on any atom is -0.166 e. The van der Waals surface area contributed by atoms with Crippen molar-refractivity contribution >= 4 is 31.9 Å². The topological polar surface area (TPSA) is 0 Å². The van der Waals surface area contributed by atoms with Crippen molar-refractivity contribution in [3.63, 3.8) is 0 Å². The van der Waals surface area contributed by atoms with Crippen molar-refractivity contribution in [3.8, 4) is 33.4 Å². The van der Waals surface area contributed by atoms with Crippen molar-refractivity contribution in [2.75, 3.05) is 0 Å². The first kappa shape index (κ1) is 31.9. The molecule has 14 heteroatoms. The molecule has 0 fully saturated rings. The van der Waals surface area contributed by atoms with Crippen LogP contribution in [0.1, 0.15) is 22.3 Å². The van der Waals surface area contributed by atoms with E-state index in [1.54, 1.807) is 6.07 Å². The number of alkyl halides is 12. The monoisotopic (exact) mass is 734 g/mol. The van der Waals surface area contributed by atoms with Gasteiger partial charge < -0.3 is 0 Å². The summed E-state index contributed by atoms with van der Waals surface area (Å²) in [5.41, 5.74) is -8.08. The zero-order valence-electron chi connectivity index (χ0n) is 20.2. The minimum atomic E-state index is -5.20. The van der Waals surface area contributed by atoms with Gasteiger partial charge in [-0.2, -0.15) is 52.7 Å². The number of benzene rings is 4. The predicted molar refractivity (Wildman–Crippen MR) is 138 cm³/mol. The molecule has 0 spiro atoms. The van der Waals surface area contributed by atoms with E-state index in [0.29, 0.717) is 38.8 Å². The van der Waals surface area contributed by atoms with E-state index in [4.69, 9.17) is 0 Å². The predicted octanol–water partition coefficient (Wildman–Crippen LogP) is 12.3. The van der Waals surface area contributed by atoms with Gasteiger partial charge in [0.05, 0.1) is 22.3 Å². The van der Waals surface area contributed by atoms with Gasteiger partial charge in [0.2, 0.25) is 0 Å². The van der Waals surface area contributed by atoms with Gasteiger partial charge >= 0.3 is 24.7 Å². The van der Waals surface area contributed by atoms with Gasteiger partial charge in [0.25, 0.3) is 0 Å². The summed E-state index contributed by atoms with van der Waals surface area (Å²) in [6.07, 6.45) is -20.8. The molecule has 0 nitrogen and oxygen atoms in total. The largest absolute Gasteiger partial charge is 0.416 e. The van der Waals surface area contributed by atoms with Crippen molar-refractivity contribution in [1.82, 2.24) is 0 Å². The highest BCUT2D eigenvalue weighted by molar-refractivity contribution is 9.11. The van der Waals surface area contributed by atoms with Crippen LogP contribution in [0.25, 0.3) is 33.4 Å². The Hall–Kier alpha value is -3.00. The Morgan fingerprint density at radius 1 is 0.286 bits per heavy atom. The molecule has 0 atom stereocenters. The molecule has 0 aliphatic heterocycles. The molecule has 4 aromatic carbocycles. The second kappa shape index (κ2) is 10.9. The lowest BCUT2D eigenvalue weighted by atomic mass is 9.90. The third-order valence-corrected chi connectivity index (χ3v) is 6.89. The number of halogens is 14. The van der Waals surface area contributed by atoms with Crippen LogP contribution in [0.4, 0.5) is 52.7 Å². The second-order valence-corrected chi connectivity index (χ2v) is 10.9. The molecule has 0 aromatic heterocycles. The average molecular weight is 736 g/mol. The molecular formula is C28H12Br2F12. The van der Waals surface area contributed by atoms with Gasteiger partial charge in [0.1, 0.15) is 0 Å². The van der Waals surface area contributed by atoms with E-state index >= 15 is 0 Å². The molecule has 0 aliphatic rings. The zero-order valence-corrected chi connectivity index (χ0v) is 23.4. The van der Waals surface area contributed by atoms with Crippen LogP contribution in [0.2, 0.25) is 0 Å². The van der Waals surface area contributed by atoms with Gasteiger partial charge in [-0.25, -0.2) is 0 Å². The number of hydrogen-bond donors (Lipinski definition) is 0. The molecule has 0 radical (unpaired) electrons. The van der Waals surface area contributed by atoms with Crippen LogP contribution in [0, 0.1) is 0 Å². The molecule has 0 amide bonds. The van der Waals surface area contributed by atoms with Crippen molar-refractivity contribution in [1.29, 1.82) is 0 Å². The van der Waals surface area contributed by atoms with Crippen LogP contribution in [0.3, 0.4) is 0 Å². The zero-order chi connectivity index (χ0) is 31.4. The molecule has 0 bridgehead atoms. The standard InChI is InChI=1S/C28H12Br2F12/c29-23-8-18(9-24(30)12-23)15-2-13(16-4-19(25(31,32)33)10-20(5-16)26(34,35)36)1-14(3-15)17-6-21(27(37,38)39)11-22(7-17)28(40,41)42/h1-12H. The molecule has 0 N–H and O–H groups in total. The Kier molecular flexibility index (Phi) is 8.31. The molecule has 42 heavy (non-hydrogen) atoms. The van der Waals surface area contributed by atoms with Gasteiger partial charge in [-0.3, -0.25) is 0 Å². The summed E-state index contributed by atoms with van der Waals surface area (Å²) in [5.74, 6) is 0. The number of rotatable bonds is 3. The maximum atomic E-state index is 13.6. The van der Waals surface area contributed by atoms with E-state index < -0.39 is 58.1 Å². The summed E-state index contributed by atoms with van der Waals surface area (Å²) < 4.78 is 164. The van der Waals surface area contributed by atoms with Crippen LogP contribution >= 0.6 is 31.9 Å². The fraction of sp³-hybridized carbons (Fsp3) is 0.143. The SMILES string of the molecule is FC(F)(F)c1cc(-c2cc(-c3cc(Br)cc(Br)c3)cc(-c3cc(C(F)(F)F)cc(C(F)(F)F)c3)c2)cc(C(F)(F)F)c1. The van der Waals surface area contributed by atoms with Crippen molar-refractivity contribution < 1.29 is 52.7 Å². The van der Waals surface area contributed by atoms with Gasteiger partial charge in [0.15, 0.2) is 0 Å². The van der Waals surface area contributed by atoms with Crippen LogP contribution in [0.15, 0.2) is 81.7 Å². The highest BCUT2D eigenvalue weighted by Crippen LogP contribution is 2.43. The van der Waals surface area contributed by atoms with E-state index in [2.05, 4.69) is 31.9 Å². The molecule has 4 aromatic rings. The Morgan fingerprint density at radius 3 is 0.738 bits per heavy atom. The van der Waals surface area contributed by atoms with Gasteiger partial charge in [0, 0.05) is 8.95 Å². The van der Waals surface area contributed by atoms with Gasteiger partial charge in [-0.1, -0.05) is 31.9 Å². The lowest BCUT2D eigenvalue weighted by Gasteiger charge is -2.18. The molecule has 0 saturated carbocycles. The second-order valence-electron chi connectivity index (χ2n) is 9.05. The molecule has 0 heterocycles. The smallest absolute Gasteiger partial charge is 0.166 e. The molecule has 0 aliphatic carbocycles. The maximum Gasteiger partial charge on any atom is 0.416 e. The van der Waals surface area contributed by atoms with Crippen LogP contribution in [-0.4, -0.2) is 0 Å². The highest BCUT2D eigenvalue weighted by Gasteiger charge is 2.38. The molecule has 4 rings (SSSR count). The first-order chi connectivity index (χ1) is 19.1. The molecule has 0 unspecified atom stereocenters. The fourth-order valence-corrected chi connectivity index (χ4v) is 5.38. The van der Waals surface area contributed by atoms with Gasteiger partial charge in [-0.05, 0) is 106 Å². The van der Waals surface area contributed by atoms with Crippen LogP contribution in [0.5, 0.6) is 0 Å². The van der Waals surface area contributed by atoms with Gasteiger partial charge in [-0.15, -0.1) is 0 Å². The number of hydrogen-bond acceptors (Lipinski definition) is 0. The van der Waals surface area contributed by atoms with E-state index in [1.165, 1.54) is 24.3 Å². The summed E-state index contributed by atoms with van der Waals surface area (Å²) in [7, 11) is 0. The summed E-state index contributed by atoms with van der Waals surface area (Å²) in [5, 5.41) is 0. The van der Waals surface area contributed by atoms with E-state index in [9.17, 15) is 52.7 Å². The third kappa shape index (κ3) is 7.31. The van der Waals surface area contributed by atoms with Crippen LogP contribution in [-0.2, 0) is 24.7 Å². The molecule has 222 valence electrons. The van der Waals surface area contributed by atoms with E-state index in [1.807, 2.05) is 0 Å². The maximum absolute atomic E-state index is 13.6. The quantitative estimate of drug-likeness (QED) is 0.184. The molecular weight excluding hydrogens is 724 g/mol. The Balaban J connectivity index is 2.08.